The molecule has 1 rings (SSSR count). The minimum absolute atomic E-state index is 0.122. The predicted molar refractivity (Wildman–Crippen MR) is 334 cm³/mol. The first kappa shape index (κ1) is 76.2. The molecule has 0 aromatic rings. The van der Waals surface area contributed by atoms with E-state index in [0.717, 1.165) is 70.6 Å². The zero-order chi connectivity index (χ0) is 58.2. The van der Waals surface area contributed by atoms with Gasteiger partial charge in [0.2, 0.25) is 5.91 Å². The largest absolute Gasteiger partial charge is 0.454 e. The summed E-state index contributed by atoms with van der Waals surface area (Å²) < 4.78 is 17.7. The third-order valence-electron chi connectivity index (χ3n) is 16.6. The Morgan fingerprint density at radius 1 is 0.475 bits per heavy atom. The molecule has 80 heavy (non-hydrogen) atoms. The van der Waals surface area contributed by atoms with E-state index in [1.807, 2.05) is 6.08 Å². The molecule has 1 aliphatic heterocycles. The number of allylic oxidation sites excluding steroid dienone is 3. The molecular weight excluding hydrogens is 1000 g/mol. The molecule has 472 valence electrons. The van der Waals surface area contributed by atoms with Crippen LogP contribution in [0.2, 0.25) is 0 Å². The number of aliphatic hydroxyl groups is 5. The number of ether oxygens (including phenoxy) is 3. The Morgan fingerprint density at radius 3 is 1.23 bits per heavy atom. The first-order chi connectivity index (χ1) is 39.2. The van der Waals surface area contributed by atoms with E-state index in [9.17, 15) is 35.1 Å². The molecule has 1 heterocycles. The van der Waals surface area contributed by atoms with Crippen LogP contribution >= 0.6 is 0 Å². The molecule has 11 nitrogen and oxygen atoms in total. The van der Waals surface area contributed by atoms with Crippen LogP contribution in [0.4, 0.5) is 0 Å². The lowest BCUT2D eigenvalue weighted by Gasteiger charge is -2.41. The van der Waals surface area contributed by atoms with Gasteiger partial charge in [-0.1, -0.05) is 308 Å². The van der Waals surface area contributed by atoms with Gasteiger partial charge in [-0.05, 0) is 51.4 Å². The minimum Gasteiger partial charge on any atom is -0.454 e. The van der Waals surface area contributed by atoms with Gasteiger partial charge in [0.15, 0.2) is 12.4 Å². The molecule has 0 aliphatic carbocycles. The van der Waals surface area contributed by atoms with Crippen LogP contribution in [0, 0.1) is 0 Å². The van der Waals surface area contributed by atoms with Gasteiger partial charge in [0.1, 0.15) is 24.4 Å². The second kappa shape index (κ2) is 57.6. The Bertz CT molecular complexity index is 1400. The van der Waals surface area contributed by atoms with Gasteiger partial charge in [-0.2, -0.15) is 0 Å². The second-order valence-electron chi connectivity index (χ2n) is 24.3. The van der Waals surface area contributed by atoms with Crippen LogP contribution in [-0.4, -0.2) is 99.6 Å². The monoisotopic (exact) mass is 1130 g/mol. The minimum atomic E-state index is -1.61. The van der Waals surface area contributed by atoms with Crippen molar-refractivity contribution in [3.63, 3.8) is 0 Å². The van der Waals surface area contributed by atoms with Crippen molar-refractivity contribution in [3.05, 3.63) is 24.3 Å². The van der Waals surface area contributed by atoms with Crippen LogP contribution in [0.3, 0.4) is 0 Å². The lowest BCUT2D eigenvalue weighted by atomic mass is 9.99. The summed E-state index contributed by atoms with van der Waals surface area (Å²) in [5.74, 6) is -1.18. The highest BCUT2D eigenvalue weighted by Crippen LogP contribution is 2.26. The molecule has 0 spiro atoms. The highest BCUT2D eigenvalue weighted by molar-refractivity contribution is 5.80. The standard InChI is InChI=1S/C69H131NO10/c1-4-7-10-13-16-19-22-25-27-28-29-30-31-32-33-34-35-37-38-41-44-47-50-53-56-62(73)68(77)70-60(61(72)55-52-49-46-43-40-24-21-18-15-12-9-6-3)59-78-69-67(66(76)65(75)63(58-71)79-69)80-64(74)57-54-51-48-45-42-39-36-26-23-20-17-14-11-8-5-2/h20,23,52,55,60-63,65-67,69,71-73,75-76H,4-19,21-22,24-51,53-54,56-59H2,1-3H3,(H,70,77)/b23-20-,55-52+. The Balaban J connectivity index is 2.57. The first-order valence-corrected chi connectivity index (χ1v) is 34.6. The zero-order valence-corrected chi connectivity index (χ0v) is 52.5. The maximum absolute atomic E-state index is 13.5. The van der Waals surface area contributed by atoms with Gasteiger partial charge in [0, 0.05) is 6.42 Å². The average Bonchev–Trinajstić information content (AvgIpc) is 3.48. The number of hydrogen-bond acceptors (Lipinski definition) is 10. The molecule has 0 radical (unpaired) electrons. The van der Waals surface area contributed by atoms with E-state index in [1.165, 1.54) is 225 Å². The van der Waals surface area contributed by atoms with Gasteiger partial charge < -0.3 is 45.1 Å². The third-order valence-corrected chi connectivity index (χ3v) is 16.6. The van der Waals surface area contributed by atoms with Gasteiger partial charge in [-0.15, -0.1) is 0 Å². The van der Waals surface area contributed by atoms with Crippen molar-refractivity contribution in [2.45, 2.75) is 391 Å². The fraction of sp³-hybridized carbons (Fsp3) is 0.913. The van der Waals surface area contributed by atoms with E-state index >= 15 is 0 Å². The Kier molecular flexibility index (Phi) is 54.8. The van der Waals surface area contributed by atoms with Crippen molar-refractivity contribution in [1.82, 2.24) is 5.32 Å². The van der Waals surface area contributed by atoms with Crippen molar-refractivity contribution < 1.29 is 49.3 Å². The second-order valence-corrected chi connectivity index (χ2v) is 24.3. The summed E-state index contributed by atoms with van der Waals surface area (Å²) in [5.41, 5.74) is 0. The maximum Gasteiger partial charge on any atom is 0.306 e. The lowest BCUT2D eigenvalue weighted by molar-refractivity contribution is -0.305. The topological polar surface area (TPSA) is 175 Å². The zero-order valence-electron chi connectivity index (χ0n) is 52.5. The summed E-state index contributed by atoms with van der Waals surface area (Å²) >= 11 is 0. The van der Waals surface area contributed by atoms with E-state index in [0.29, 0.717) is 19.3 Å². The summed E-state index contributed by atoms with van der Waals surface area (Å²) in [5, 5.41) is 57.1. The van der Waals surface area contributed by atoms with E-state index in [2.05, 4.69) is 38.2 Å². The van der Waals surface area contributed by atoms with Crippen molar-refractivity contribution in [2.75, 3.05) is 13.2 Å². The SMILES string of the molecule is CCCCCC/C=C\CCCCCCCCCC(=O)OC1C(OCC(NC(=O)C(O)CCCCCCCCCCCCCCCCCCCCCCCCCC)C(O)/C=C/CCCCCCCCCCCC)OC(CO)C(O)C1O. The molecule has 0 saturated carbocycles. The average molecular weight is 1130 g/mol. The van der Waals surface area contributed by atoms with E-state index < -0.39 is 67.4 Å². The molecule has 1 fully saturated rings. The molecule has 8 atom stereocenters. The highest BCUT2D eigenvalue weighted by atomic mass is 16.7. The van der Waals surface area contributed by atoms with Crippen LogP contribution in [0.5, 0.6) is 0 Å². The number of nitrogens with one attached hydrogen (secondary N) is 1. The van der Waals surface area contributed by atoms with Crippen molar-refractivity contribution in [1.29, 1.82) is 0 Å². The summed E-state index contributed by atoms with van der Waals surface area (Å²) in [7, 11) is 0. The Hall–Kier alpha value is -1.86. The van der Waals surface area contributed by atoms with Crippen molar-refractivity contribution in [2.24, 2.45) is 0 Å². The number of aliphatic hydroxyl groups excluding tert-OH is 5. The molecule has 1 aliphatic rings. The van der Waals surface area contributed by atoms with E-state index in [-0.39, 0.29) is 13.0 Å². The molecule has 0 bridgehead atoms. The molecule has 8 unspecified atom stereocenters. The fourth-order valence-corrected chi connectivity index (χ4v) is 11.1. The summed E-state index contributed by atoms with van der Waals surface area (Å²) in [4.78, 5) is 26.6. The predicted octanol–water partition coefficient (Wildman–Crippen LogP) is 17.2. The number of carbonyl (C=O) groups is 2. The molecule has 11 heteroatoms. The third kappa shape index (κ3) is 44.6. The van der Waals surface area contributed by atoms with E-state index in [4.69, 9.17) is 14.2 Å². The van der Waals surface area contributed by atoms with Gasteiger partial charge in [-0.25, -0.2) is 0 Å². The number of amides is 1. The van der Waals surface area contributed by atoms with Crippen molar-refractivity contribution >= 4 is 11.9 Å². The number of unbranched alkanes of at least 4 members (excludes halogenated alkanes) is 44. The van der Waals surface area contributed by atoms with Crippen LogP contribution in [-0.2, 0) is 23.8 Å². The quantitative estimate of drug-likeness (QED) is 0.0195. The summed E-state index contributed by atoms with van der Waals surface area (Å²) in [6.07, 6.45) is 58.0. The number of hydrogen-bond donors (Lipinski definition) is 6. The van der Waals surface area contributed by atoms with Crippen LogP contribution in [0.25, 0.3) is 0 Å². The van der Waals surface area contributed by atoms with Crippen molar-refractivity contribution in [3.8, 4) is 0 Å². The lowest BCUT2D eigenvalue weighted by Crippen LogP contribution is -2.61. The molecule has 6 N–H and O–H groups in total. The normalized spacial score (nSPS) is 18.8. The van der Waals surface area contributed by atoms with Crippen LogP contribution in [0.1, 0.15) is 342 Å². The van der Waals surface area contributed by atoms with Gasteiger partial charge >= 0.3 is 5.97 Å². The number of carbonyl (C=O) groups excluding carboxylic acids is 2. The smallest absolute Gasteiger partial charge is 0.306 e. The number of esters is 1. The summed E-state index contributed by atoms with van der Waals surface area (Å²) in [6.45, 7) is 5.82. The molecule has 0 aromatic carbocycles. The van der Waals surface area contributed by atoms with Crippen LogP contribution < -0.4 is 5.32 Å². The Labute approximate surface area is 492 Å². The maximum atomic E-state index is 13.5. The summed E-state index contributed by atoms with van der Waals surface area (Å²) in [6, 6.07) is -1.02. The van der Waals surface area contributed by atoms with Gasteiger partial charge in [0.25, 0.3) is 0 Å². The molecule has 1 saturated heterocycles. The number of rotatable bonds is 60. The molecule has 1 amide bonds. The molecule has 0 aromatic heterocycles. The highest BCUT2D eigenvalue weighted by Gasteiger charge is 2.47. The fourth-order valence-electron chi connectivity index (χ4n) is 11.1. The molecular formula is C69H131NO10. The Morgan fingerprint density at radius 2 is 0.825 bits per heavy atom. The van der Waals surface area contributed by atoms with Gasteiger partial charge in [0.05, 0.1) is 25.4 Å². The first-order valence-electron chi connectivity index (χ1n) is 34.6. The van der Waals surface area contributed by atoms with Gasteiger partial charge in [-0.3, -0.25) is 9.59 Å². The van der Waals surface area contributed by atoms with Crippen LogP contribution in [0.15, 0.2) is 24.3 Å². The van der Waals surface area contributed by atoms with E-state index in [1.54, 1.807) is 6.08 Å².